The lowest BCUT2D eigenvalue weighted by Crippen LogP contribution is -2.17. The first-order valence-electron chi connectivity index (χ1n) is 5.82. The molecule has 0 aromatic carbocycles. The van der Waals surface area contributed by atoms with Crippen molar-refractivity contribution in [1.29, 1.82) is 0 Å². The normalized spacial score (nSPS) is 10.1. The van der Waals surface area contributed by atoms with Crippen molar-refractivity contribution < 1.29 is 15.0 Å². The van der Waals surface area contributed by atoms with E-state index in [9.17, 15) is 4.79 Å². The number of hydrogen-bond acceptors (Lipinski definition) is 6. The zero-order chi connectivity index (χ0) is 15.1. The van der Waals surface area contributed by atoms with E-state index in [0.29, 0.717) is 24.1 Å². The van der Waals surface area contributed by atoms with Crippen LogP contribution in [-0.4, -0.2) is 44.3 Å². The molecular weight excluding hydrogens is 266 g/mol. The first kappa shape index (κ1) is 15.7. The summed E-state index contributed by atoms with van der Waals surface area (Å²) >= 11 is 0. The maximum atomic E-state index is 11.5. The molecular formula is C11H17N5O4. The van der Waals surface area contributed by atoms with Crippen LogP contribution < -0.4 is 16.6 Å². The average molecular weight is 283 g/mol. The summed E-state index contributed by atoms with van der Waals surface area (Å²) in [5.74, 6) is -0.736. The average Bonchev–Trinajstić information content (AvgIpc) is 2.72. The van der Waals surface area contributed by atoms with Gasteiger partial charge in [0, 0.05) is 31.8 Å². The number of carbonyl (C=O) groups is 1. The molecule has 9 heteroatoms. The van der Waals surface area contributed by atoms with E-state index in [1.165, 1.54) is 0 Å². The lowest BCUT2D eigenvalue weighted by molar-refractivity contribution is -0.134. The van der Waals surface area contributed by atoms with Gasteiger partial charge in [0.25, 0.3) is 11.5 Å². The number of nitrogens with two attached hydrogens (primary N) is 1. The molecule has 9 nitrogen and oxygen atoms in total. The Morgan fingerprint density at radius 1 is 1.55 bits per heavy atom. The van der Waals surface area contributed by atoms with Crippen molar-refractivity contribution in [3.05, 3.63) is 22.1 Å². The molecule has 0 unspecified atom stereocenters. The third kappa shape index (κ3) is 4.37. The summed E-state index contributed by atoms with van der Waals surface area (Å²) in [7, 11) is 0. The fraction of sp³-hybridized carbons (Fsp3) is 0.364. The molecule has 0 saturated heterocycles. The van der Waals surface area contributed by atoms with Crippen LogP contribution in [0.25, 0.3) is 11.0 Å². The number of nitrogen functional groups attached to an aromatic ring is 1. The van der Waals surface area contributed by atoms with E-state index < -0.39 is 5.97 Å². The molecule has 0 aliphatic carbocycles. The van der Waals surface area contributed by atoms with Crippen molar-refractivity contribution >= 4 is 23.0 Å². The second-order valence-corrected chi connectivity index (χ2v) is 3.91. The van der Waals surface area contributed by atoms with Crippen LogP contribution in [0.1, 0.15) is 12.5 Å². The lowest BCUT2D eigenvalue weighted by Gasteiger charge is -2.00. The Morgan fingerprint density at radius 2 is 2.20 bits per heavy atom. The van der Waals surface area contributed by atoms with Crippen molar-refractivity contribution in [3.63, 3.8) is 0 Å². The van der Waals surface area contributed by atoms with Gasteiger partial charge in [-0.3, -0.25) is 14.6 Å². The van der Waals surface area contributed by atoms with Crippen LogP contribution in [-0.2, 0) is 11.3 Å². The Bertz CT molecular complexity index is 629. The number of aromatic amines is 2. The summed E-state index contributed by atoms with van der Waals surface area (Å²) in [5, 5.41) is 19.1. The zero-order valence-electron chi connectivity index (χ0n) is 10.9. The van der Waals surface area contributed by atoms with Gasteiger partial charge in [-0.05, 0) is 0 Å². The molecule has 0 spiro atoms. The van der Waals surface area contributed by atoms with Gasteiger partial charge in [0.15, 0.2) is 0 Å². The number of hydrogen-bond donors (Lipinski definition) is 6. The molecule has 7 N–H and O–H groups in total. The molecule has 0 saturated carbocycles. The first-order chi connectivity index (χ1) is 9.45. The fourth-order valence-electron chi connectivity index (χ4n) is 1.52. The van der Waals surface area contributed by atoms with E-state index in [2.05, 4.69) is 20.3 Å². The third-order valence-electron chi connectivity index (χ3n) is 2.24. The molecule has 0 radical (unpaired) electrons. The van der Waals surface area contributed by atoms with Crippen LogP contribution in [0.4, 0.5) is 5.95 Å². The first-order valence-corrected chi connectivity index (χ1v) is 5.82. The molecule has 2 aromatic heterocycles. The standard InChI is InChI=1S/C9H13N5O2.C2H4O2/c10-9-13-6-5(3-11-1-2-15)4-12-7(6)8(16)14-9;1-2(3)4/h4,11-12,15H,1-3H2,(H3,10,13,14,16);1H3,(H,3,4). The highest BCUT2D eigenvalue weighted by Gasteiger charge is 2.08. The van der Waals surface area contributed by atoms with Crippen LogP contribution in [0.15, 0.2) is 11.0 Å². The number of H-pyrrole nitrogens is 2. The van der Waals surface area contributed by atoms with Crippen LogP contribution in [0.3, 0.4) is 0 Å². The minimum Gasteiger partial charge on any atom is -0.481 e. The largest absolute Gasteiger partial charge is 0.481 e. The smallest absolute Gasteiger partial charge is 0.300 e. The number of aliphatic hydroxyl groups excluding tert-OH is 1. The molecule has 2 rings (SSSR count). The van der Waals surface area contributed by atoms with Crippen LogP contribution in [0.2, 0.25) is 0 Å². The summed E-state index contributed by atoms with van der Waals surface area (Å²) in [5.41, 5.74) is 7.01. The summed E-state index contributed by atoms with van der Waals surface area (Å²) in [6.07, 6.45) is 1.71. The van der Waals surface area contributed by atoms with E-state index in [4.69, 9.17) is 20.7 Å². The molecule has 0 aliphatic rings. The summed E-state index contributed by atoms with van der Waals surface area (Å²) < 4.78 is 0. The topological polar surface area (TPSA) is 157 Å². The zero-order valence-corrected chi connectivity index (χ0v) is 10.9. The number of anilines is 1. The van der Waals surface area contributed by atoms with Crippen LogP contribution >= 0.6 is 0 Å². The van der Waals surface area contributed by atoms with Crippen molar-refractivity contribution in [3.8, 4) is 0 Å². The Hall–Kier alpha value is -2.39. The van der Waals surface area contributed by atoms with Gasteiger partial charge in [0.1, 0.15) is 11.0 Å². The van der Waals surface area contributed by atoms with Crippen LogP contribution in [0.5, 0.6) is 0 Å². The molecule has 110 valence electrons. The van der Waals surface area contributed by atoms with Gasteiger partial charge in [-0.2, -0.15) is 0 Å². The van der Waals surface area contributed by atoms with E-state index in [0.717, 1.165) is 12.5 Å². The minimum atomic E-state index is -0.833. The highest BCUT2D eigenvalue weighted by molar-refractivity contribution is 5.78. The van der Waals surface area contributed by atoms with E-state index in [1.807, 2.05) is 0 Å². The van der Waals surface area contributed by atoms with Crippen LogP contribution in [0, 0.1) is 0 Å². The number of fused-ring (bicyclic) bond motifs is 1. The molecule has 0 amide bonds. The Morgan fingerprint density at radius 3 is 2.80 bits per heavy atom. The molecule has 0 aliphatic heterocycles. The molecule has 20 heavy (non-hydrogen) atoms. The molecule has 0 fully saturated rings. The highest BCUT2D eigenvalue weighted by Crippen LogP contribution is 2.12. The summed E-state index contributed by atoms with van der Waals surface area (Å²) in [4.78, 5) is 29.8. The van der Waals surface area contributed by atoms with E-state index in [1.54, 1.807) is 6.20 Å². The second-order valence-electron chi connectivity index (χ2n) is 3.91. The molecule has 0 bridgehead atoms. The van der Waals surface area contributed by atoms with Gasteiger partial charge < -0.3 is 26.2 Å². The van der Waals surface area contributed by atoms with Crippen molar-refractivity contribution in [1.82, 2.24) is 20.3 Å². The second kappa shape index (κ2) is 7.26. The summed E-state index contributed by atoms with van der Waals surface area (Å²) in [6, 6.07) is 0. The minimum absolute atomic E-state index is 0.0680. The monoisotopic (exact) mass is 283 g/mol. The van der Waals surface area contributed by atoms with Gasteiger partial charge >= 0.3 is 0 Å². The van der Waals surface area contributed by atoms with Crippen molar-refractivity contribution in [2.75, 3.05) is 18.9 Å². The molecule has 0 atom stereocenters. The number of carboxylic acid groups (broad SMARTS) is 1. The predicted molar refractivity (Wildman–Crippen MR) is 73.2 cm³/mol. The van der Waals surface area contributed by atoms with Gasteiger partial charge in [-0.25, -0.2) is 4.98 Å². The van der Waals surface area contributed by atoms with E-state index >= 15 is 0 Å². The van der Waals surface area contributed by atoms with E-state index in [-0.39, 0.29) is 18.1 Å². The number of nitrogens with zero attached hydrogens (tertiary/aromatic N) is 1. The van der Waals surface area contributed by atoms with Gasteiger partial charge in [-0.15, -0.1) is 0 Å². The maximum absolute atomic E-state index is 11.5. The van der Waals surface area contributed by atoms with Gasteiger partial charge in [0.2, 0.25) is 5.95 Å². The van der Waals surface area contributed by atoms with Crippen molar-refractivity contribution in [2.45, 2.75) is 13.5 Å². The number of aliphatic hydroxyl groups is 1. The Kier molecular flexibility index (Phi) is 5.69. The number of aliphatic carboxylic acids is 1. The number of rotatable bonds is 4. The maximum Gasteiger partial charge on any atom is 0.300 e. The van der Waals surface area contributed by atoms with Gasteiger partial charge in [0.05, 0.1) is 6.61 Å². The van der Waals surface area contributed by atoms with Crippen molar-refractivity contribution in [2.24, 2.45) is 0 Å². The number of carboxylic acids is 1. The predicted octanol–water partition coefficient (Wildman–Crippen LogP) is -0.994. The summed E-state index contributed by atoms with van der Waals surface area (Å²) in [6.45, 7) is 2.17. The fourth-order valence-corrected chi connectivity index (χ4v) is 1.52. The Balaban J connectivity index is 0.000000444. The number of nitrogens with one attached hydrogen (secondary N) is 3. The Labute approximate surface area is 113 Å². The molecule has 2 heterocycles. The van der Waals surface area contributed by atoms with Gasteiger partial charge in [-0.1, -0.05) is 0 Å². The SMILES string of the molecule is CC(=O)O.Nc1nc2c(CNCCO)c[nH]c2c(=O)[nH]1. The number of aromatic nitrogens is 3. The quantitative estimate of drug-likeness (QED) is 0.393. The highest BCUT2D eigenvalue weighted by atomic mass is 16.4. The lowest BCUT2D eigenvalue weighted by atomic mass is 10.3. The third-order valence-corrected chi connectivity index (χ3v) is 2.24. The molecule has 2 aromatic rings.